The minimum absolute atomic E-state index is 0.234. The van der Waals surface area contributed by atoms with Gasteiger partial charge < -0.3 is 38.2 Å². The van der Waals surface area contributed by atoms with Crippen LogP contribution in [0.4, 0.5) is 0 Å². The van der Waals surface area contributed by atoms with E-state index in [9.17, 15) is 19.7 Å². The maximum absolute atomic E-state index is 13.6. The fourth-order valence-corrected chi connectivity index (χ4v) is 9.10. The first-order valence-electron chi connectivity index (χ1n) is 13.3. The van der Waals surface area contributed by atoms with E-state index >= 15 is 0 Å². The average molecular weight is 794 g/mol. The van der Waals surface area contributed by atoms with Crippen molar-refractivity contribution in [2.24, 2.45) is 0 Å². The van der Waals surface area contributed by atoms with Crippen LogP contribution in [0.15, 0.2) is 36.9 Å². The van der Waals surface area contributed by atoms with E-state index in [1.807, 2.05) is 0 Å². The fourth-order valence-electron chi connectivity index (χ4n) is 5.56. The zero-order valence-electron chi connectivity index (χ0n) is 22.7. The SMILES string of the molecule is O=P1(S)OC[C@H]2O[C@@H](n3cnc4cc(Cl)c(Cl)cc43)C(O)[C@H]2OP(O)(=S)OC[C@H]2O[C@@H](n3cnc4cc(Cl)c(Cl)cc43)[C@@H](O1)C2O. The number of nitrogens with zero attached hydrogens (tertiary/aromatic N) is 4. The van der Waals surface area contributed by atoms with E-state index in [0.717, 1.165) is 0 Å². The summed E-state index contributed by atoms with van der Waals surface area (Å²) in [5.74, 6) is 0. The smallest absolute Gasteiger partial charge is 0.386 e. The number of aromatic nitrogens is 4. The lowest BCUT2D eigenvalue weighted by atomic mass is 10.1. The highest BCUT2D eigenvalue weighted by Crippen LogP contribution is 2.58. The number of aliphatic hydroxyl groups excluding tert-OH is 2. The Balaban J connectivity index is 1.20. The van der Waals surface area contributed by atoms with Gasteiger partial charge in [-0.1, -0.05) is 58.7 Å². The second kappa shape index (κ2) is 12.6. The molecule has 0 aliphatic carbocycles. The Labute approximate surface area is 290 Å². The van der Waals surface area contributed by atoms with E-state index in [2.05, 4.69) is 22.2 Å². The number of thiol groups is 1. The molecule has 10 atom stereocenters. The van der Waals surface area contributed by atoms with Crippen LogP contribution in [0.1, 0.15) is 12.5 Å². The van der Waals surface area contributed by atoms with Crippen LogP contribution in [0.2, 0.25) is 20.1 Å². The third-order valence-electron chi connectivity index (χ3n) is 7.72. The number of rotatable bonds is 2. The summed E-state index contributed by atoms with van der Waals surface area (Å²) in [7, 11) is 0. The first kappa shape index (κ1) is 33.9. The van der Waals surface area contributed by atoms with Crippen LogP contribution in [-0.4, -0.2) is 84.0 Å². The number of imidazole rings is 2. The van der Waals surface area contributed by atoms with Gasteiger partial charge in [-0.3, -0.25) is 13.6 Å². The topological polar surface area (TPSA) is 169 Å². The van der Waals surface area contributed by atoms with Gasteiger partial charge in [0.2, 0.25) is 0 Å². The summed E-state index contributed by atoms with van der Waals surface area (Å²) in [6.07, 6.45) is -7.50. The molecule has 46 heavy (non-hydrogen) atoms. The Kier molecular flexibility index (Phi) is 9.30. The molecular weight excluding hydrogens is 772 g/mol. The molecule has 3 saturated heterocycles. The van der Waals surface area contributed by atoms with E-state index in [0.29, 0.717) is 22.1 Å². The molecule has 22 heteroatoms. The normalized spacial score (nSPS) is 37.2. The summed E-state index contributed by atoms with van der Waals surface area (Å²) in [4.78, 5) is 19.7. The quantitative estimate of drug-likeness (QED) is 0.153. The zero-order chi connectivity index (χ0) is 32.7. The van der Waals surface area contributed by atoms with Crippen molar-refractivity contribution in [3.63, 3.8) is 0 Å². The van der Waals surface area contributed by atoms with Crippen LogP contribution in [-0.2, 0) is 43.9 Å². The van der Waals surface area contributed by atoms with E-state index in [4.69, 9.17) is 85.8 Å². The third kappa shape index (κ3) is 6.29. The van der Waals surface area contributed by atoms with Crippen molar-refractivity contribution in [2.45, 2.75) is 49.1 Å². The summed E-state index contributed by atoms with van der Waals surface area (Å²) in [6.45, 7) is -9.45. The van der Waals surface area contributed by atoms with Gasteiger partial charge in [-0.15, -0.1) is 0 Å². The van der Waals surface area contributed by atoms with Crippen LogP contribution in [0.3, 0.4) is 0 Å². The number of hydrogen-bond donors (Lipinski definition) is 4. The number of ether oxygens (including phenoxy) is 2. The van der Waals surface area contributed by atoms with Gasteiger partial charge >= 0.3 is 13.5 Å². The van der Waals surface area contributed by atoms with Crippen LogP contribution in [0.25, 0.3) is 22.1 Å². The van der Waals surface area contributed by atoms with Crippen LogP contribution in [0, 0.1) is 0 Å². The summed E-state index contributed by atoms with van der Waals surface area (Å²) in [5.41, 5.74) is 1.86. The second-order valence-electron chi connectivity index (χ2n) is 10.6. The van der Waals surface area contributed by atoms with Gasteiger partial charge in [-0.2, -0.15) is 0 Å². The lowest BCUT2D eigenvalue weighted by molar-refractivity contribution is -0.0586. The molecular formula is C24H22Cl4N4O10P2S2. The van der Waals surface area contributed by atoms with Crippen LogP contribution < -0.4 is 0 Å². The maximum atomic E-state index is 13.6. The molecule has 5 heterocycles. The van der Waals surface area contributed by atoms with Gasteiger partial charge in [-0.25, -0.2) is 14.5 Å². The predicted octanol–water partition coefficient (Wildman–Crippen LogP) is 5.29. The molecule has 4 unspecified atom stereocenters. The number of halogens is 4. The Bertz CT molecular complexity index is 1940. The molecule has 14 nitrogen and oxygen atoms in total. The van der Waals surface area contributed by atoms with Gasteiger partial charge in [0, 0.05) is 0 Å². The van der Waals surface area contributed by atoms with Crippen molar-refractivity contribution in [3.8, 4) is 0 Å². The molecule has 2 bridgehead atoms. The molecule has 0 radical (unpaired) electrons. The van der Waals surface area contributed by atoms with E-state index in [1.165, 1.54) is 21.8 Å². The molecule has 3 fully saturated rings. The highest BCUT2D eigenvalue weighted by molar-refractivity contribution is 8.44. The summed E-state index contributed by atoms with van der Waals surface area (Å²) in [5, 5.41) is 23.6. The molecule has 248 valence electrons. The number of fused-ring (bicyclic) bond motifs is 5. The fraction of sp³-hybridized carbons (Fsp3) is 0.417. The van der Waals surface area contributed by atoms with Crippen LogP contribution in [0.5, 0.6) is 0 Å². The highest BCUT2D eigenvalue weighted by Gasteiger charge is 2.52. The molecule has 3 aliphatic heterocycles. The minimum atomic E-state index is -4.30. The Hall–Kier alpha value is -0.590. The largest absolute Gasteiger partial charge is 0.387 e. The Morgan fingerprint density at radius 1 is 0.783 bits per heavy atom. The Morgan fingerprint density at radius 3 is 1.91 bits per heavy atom. The third-order valence-corrected chi connectivity index (χ3v) is 12.3. The van der Waals surface area contributed by atoms with Gasteiger partial charge in [-0.05, 0) is 36.1 Å². The van der Waals surface area contributed by atoms with Crippen molar-refractivity contribution in [1.29, 1.82) is 0 Å². The molecule has 3 aliphatic rings. The summed E-state index contributed by atoms with van der Waals surface area (Å²) in [6, 6.07) is 6.19. The van der Waals surface area contributed by atoms with Crippen molar-refractivity contribution in [1.82, 2.24) is 19.1 Å². The highest BCUT2D eigenvalue weighted by atomic mass is 35.5. The van der Waals surface area contributed by atoms with E-state index < -0.39 is 75.8 Å². The van der Waals surface area contributed by atoms with E-state index in [-0.39, 0.29) is 20.1 Å². The number of benzene rings is 2. The lowest BCUT2D eigenvalue weighted by Gasteiger charge is -2.27. The van der Waals surface area contributed by atoms with Gasteiger partial charge in [0.05, 0.1) is 68.0 Å². The van der Waals surface area contributed by atoms with Crippen molar-refractivity contribution < 1.29 is 47.2 Å². The first-order chi connectivity index (χ1) is 21.7. The second-order valence-corrected chi connectivity index (χ2v) is 17.9. The number of aliphatic hydroxyl groups is 2. The molecule has 3 N–H and O–H groups in total. The maximum Gasteiger partial charge on any atom is 0.386 e. The molecule has 2 aromatic carbocycles. The molecule has 0 saturated carbocycles. The van der Waals surface area contributed by atoms with Crippen LogP contribution >= 0.6 is 72.2 Å². The number of hydrogen-bond acceptors (Lipinski definition) is 12. The summed E-state index contributed by atoms with van der Waals surface area (Å²) >= 11 is 34.1. The van der Waals surface area contributed by atoms with Gasteiger partial charge in [0.25, 0.3) is 0 Å². The lowest BCUT2D eigenvalue weighted by Crippen LogP contribution is -2.36. The van der Waals surface area contributed by atoms with Gasteiger partial charge in [0.1, 0.15) is 36.6 Å². The molecule has 0 amide bonds. The molecule has 7 rings (SSSR count). The zero-order valence-corrected chi connectivity index (χ0v) is 29.3. The first-order valence-corrected chi connectivity index (χ1v) is 20.1. The van der Waals surface area contributed by atoms with Crippen molar-refractivity contribution in [2.75, 3.05) is 13.2 Å². The monoisotopic (exact) mass is 792 g/mol. The standard InChI is InChI=1S/C24H22Cl4N4O10P2S2/c25-9-1-13-15(3-11(9)27)31(7-29-13)23-20(34)21-18(40-23)6-38-44(36,46)42-22-19(33)17(5-37-43(35,45)41-21)39-24(22)32-8-30-14-2-10(26)12(28)4-16(14)32/h1-4,7-8,17-24,33-34H,5-6H2,(H,35,45)(H,36,46)/t17-,18-,19?,20?,21+,22+,23-,24-,43?,44?/m1/s1. The van der Waals surface area contributed by atoms with Crippen molar-refractivity contribution >= 4 is 106 Å². The van der Waals surface area contributed by atoms with Crippen molar-refractivity contribution in [3.05, 3.63) is 57.0 Å². The Morgan fingerprint density at radius 2 is 1.30 bits per heavy atom. The predicted molar refractivity (Wildman–Crippen MR) is 174 cm³/mol. The molecule has 4 aromatic rings. The minimum Gasteiger partial charge on any atom is -0.387 e. The van der Waals surface area contributed by atoms with Gasteiger partial charge in [0.15, 0.2) is 12.5 Å². The summed E-state index contributed by atoms with van der Waals surface area (Å²) < 4.78 is 51.4. The molecule has 0 spiro atoms. The molecule has 2 aromatic heterocycles. The average Bonchev–Trinajstić information content (AvgIpc) is 3.72. The van der Waals surface area contributed by atoms with E-state index in [1.54, 1.807) is 24.3 Å².